The summed E-state index contributed by atoms with van der Waals surface area (Å²) in [6, 6.07) is 16.0. The standard InChI is InChI=1S/C20H29N3O3S/c1-16(2)20(27(25,26)19-11-9-18(21)10-12-19)22-13-6-14-23(24)15-17-7-4-3-5-8-17/h3-5,7-12,16,20,22,24H,6,13-15,21H2,1-2H3. The van der Waals surface area contributed by atoms with Crippen molar-refractivity contribution in [1.29, 1.82) is 0 Å². The quantitative estimate of drug-likeness (QED) is 0.327. The fourth-order valence-electron chi connectivity index (χ4n) is 2.89. The Hall–Kier alpha value is -1.93. The lowest BCUT2D eigenvalue weighted by atomic mass is 10.2. The molecule has 1 atom stereocenters. The number of nitrogens with zero attached hydrogens (tertiary/aromatic N) is 1. The van der Waals surface area contributed by atoms with Gasteiger partial charge in [0.05, 0.1) is 4.90 Å². The normalized spacial score (nSPS) is 13.2. The van der Waals surface area contributed by atoms with Gasteiger partial charge in [-0.3, -0.25) is 0 Å². The molecule has 6 nitrogen and oxygen atoms in total. The van der Waals surface area contributed by atoms with Gasteiger partial charge in [0, 0.05) is 18.8 Å². The third-order valence-corrected chi connectivity index (χ3v) is 6.60. The number of nitrogens with one attached hydrogen (secondary N) is 1. The van der Waals surface area contributed by atoms with Crippen molar-refractivity contribution < 1.29 is 13.6 Å². The van der Waals surface area contributed by atoms with Crippen LogP contribution in [0.2, 0.25) is 0 Å². The molecule has 148 valence electrons. The number of nitrogen functional groups attached to an aromatic ring is 1. The Balaban J connectivity index is 1.88. The number of hydrogen-bond donors (Lipinski definition) is 3. The van der Waals surface area contributed by atoms with Gasteiger partial charge in [0.25, 0.3) is 0 Å². The summed E-state index contributed by atoms with van der Waals surface area (Å²) in [5.74, 6) is -0.0953. The summed E-state index contributed by atoms with van der Waals surface area (Å²) in [5.41, 5.74) is 7.21. The largest absolute Gasteiger partial charge is 0.399 e. The summed E-state index contributed by atoms with van der Waals surface area (Å²) >= 11 is 0. The fraction of sp³-hybridized carbons (Fsp3) is 0.400. The average molecular weight is 392 g/mol. The van der Waals surface area contributed by atoms with Crippen LogP contribution in [0.1, 0.15) is 25.8 Å². The van der Waals surface area contributed by atoms with Crippen LogP contribution in [0.5, 0.6) is 0 Å². The smallest absolute Gasteiger partial charge is 0.194 e. The maximum atomic E-state index is 12.9. The SMILES string of the molecule is CC(C)C(NCCCN(O)Cc1ccccc1)S(=O)(=O)c1ccc(N)cc1. The lowest BCUT2D eigenvalue weighted by molar-refractivity contribution is -0.0996. The Kier molecular flexibility index (Phi) is 7.79. The van der Waals surface area contributed by atoms with Gasteiger partial charge in [-0.15, -0.1) is 0 Å². The highest BCUT2D eigenvalue weighted by molar-refractivity contribution is 7.92. The third kappa shape index (κ3) is 6.32. The van der Waals surface area contributed by atoms with Crippen LogP contribution in [0.25, 0.3) is 0 Å². The maximum absolute atomic E-state index is 12.9. The monoisotopic (exact) mass is 391 g/mol. The van der Waals surface area contributed by atoms with E-state index in [2.05, 4.69) is 5.32 Å². The van der Waals surface area contributed by atoms with E-state index < -0.39 is 15.2 Å². The molecule has 0 amide bonds. The first-order valence-corrected chi connectivity index (χ1v) is 10.7. The summed E-state index contributed by atoms with van der Waals surface area (Å²) in [5, 5.41) is 13.7. The molecule has 2 rings (SSSR count). The molecular formula is C20H29N3O3S. The van der Waals surface area contributed by atoms with Crippen LogP contribution in [-0.4, -0.2) is 37.2 Å². The molecule has 7 heteroatoms. The number of anilines is 1. The van der Waals surface area contributed by atoms with Crippen molar-refractivity contribution in [2.75, 3.05) is 18.8 Å². The van der Waals surface area contributed by atoms with E-state index >= 15 is 0 Å². The van der Waals surface area contributed by atoms with E-state index in [0.717, 1.165) is 5.56 Å². The van der Waals surface area contributed by atoms with Crippen molar-refractivity contribution in [3.05, 3.63) is 60.2 Å². The van der Waals surface area contributed by atoms with E-state index in [1.54, 1.807) is 12.1 Å². The Morgan fingerprint density at radius 1 is 1.07 bits per heavy atom. The molecule has 0 bridgehead atoms. The van der Waals surface area contributed by atoms with Crippen molar-refractivity contribution >= 4 is 15.5 Å². The van der Waals surface area contributed by atoms with Crippen molar-refractivity contribution in [2.24, 2.45) is 5.92 Å². The Morgan fingerprint density at radius 3 is 2.30 bits per heavy atom. The third-order valence-electron chi connectivity index (χ3n) is 4.29. The molecule has 0 aliphatic heterocycles. The first kappa shape index (κ1) is 21.4. The molecule has 0 spiro atoms. The van der Waals surface area contributed by atoms with E-state index in [1.807, 2.05) is 44.2 Å². The molecule has 2 aromatic rings. The van der Waals surface area contributed by atoms with Crippen LogP contribution in [0.4, 0.5) is 5.69 Å². The van der Waals surface area contributed by atoms with Gasteiger partial charge >= 0.3 is 0 Å². The molecule has 2 aromatic carbocycles. The van der Waals surface area contributed by atoms with Crippen LogP contribution in [0.15, 0.2) is 59.5 Å². The van der Waals surface area contributed by atoms with Gasteiger partial charge in [-0.2, -0.15) is 5.06 Å². The highest BCUT2D eigenvalue weighted by atomic mass is 32.2. The molecule has 0 heterocycles. The predicted octanol–water partition coefficient (Wildman–Crippen LogP) is 2.90. The zero-order valence-electron chi connectivity index (χ0n) is 15.9. The molecule has 4 N–H and O–H groups in total. The van der Waals surface area contributed by atoms with Crippen LogP contribution in [0, 0.1) is 5.92 Å². The number of sulfone groups is 1. The van der Waals surface area contributed by atoms with Gasteiger partial charge in [-0.1, -0.05) is 44.2 Å². The van der Waals surface area contributed by atoms with E-state index in [1.165, 1.54) is 17.2 Å². The number of hydroxylamine groups is 2. The Morgan fingerprint density at radius 2 is 1.70 bits per heavy atom. The zero-order chi connectivity index (χ0) is 19.9. The molecular weight excluding hydrogens is 362 g/mol. The summed E-state index contributed by atoms with van der Waals surface area (Å²) in [6.07, 6.45) is 0.629. The van der Waals surface area contributed by atoms with Crippen molar-refractivity contribution in [3.63, 3.8) is 0 Å². The lowest BCUT2D eigenvalue weighted by Crippen LogP contribution is -2.42. The van der Waals surface area contributed by atoms with E-state index in [-0.39, 0.29) is 10.8 Å². The summed E-state index contributed by atoms with van der Waals surface area (Å²) < 4.78 is 25.8. The van der Waals surface area contributed by atoms with E-state index in [9.17, 15) is 13.6 Å². The first-order valence-electron chi connectivity index (χ1n) is 9.11. The van der Waals surface area contributed by atoms with Crippen LogP contribution in [0.3, 0.4) is 0 Å². The second kappa shape index (κ2) is 9.85. The molecule has 0 fully saturated rings. The van der Waals surface area contributed by atoms with Crippen molar-refractivity contribution in [2.45, 2.75) is 37.1 Å². The second-order valence-electron chi connectivity index (χ2n) is 6.96. The summed E-state index contributed by atoms with van der Waals surface area (Å²) in [6.45, 7) is 5.14. The molecule has 27 heavy (non-hydrogen) atoms. The van der Waals surface area contributed by atoms with Crippen molar-refractivity contribution in [1.82, 2.24) is 10.4 Å². The highest BCUT2D eigenvalue weighted by Gasteiger charge is 2.29. The number of hydrogen-bond acceptors (Lipinski definition) is 6. The highest BCUT2D eigenvalue weighted by Crippen LogP contribution is 2.21. The van der Waals surface area contributed by atoms with Gasteiger partial charge in [-0.05, 0) is 48.7 Å². The molecule has 0 aromatic heterocycles. The van der Waals surface area contributed by atoms with Gasteiger partial charge in [-0.25, -0.2) is 8.42 Å². The Bertz CT molecular complexity index is 793. The van der Waals surface area contributed by atoms with E-state index in [4.69, 9.17) is 5.73 Å². The van der Waals surface area contributed by atoms with E-state index in [0.29, 0.717) is 31.7 Å². The lowest BCUT2D eigenvalue weighted by Gasteiger charge is -2.23. The van der Waals surface area contributed by atoms with Gasteiger partial charge < -0.3 is 16.3 Å². The van der Waals surface area contributed by atoms with Gasteiger partial charge in [0.15, 0.2) is 9.84 Å². The average Bonchev–Trinajstić information content (AvgIpc) is 2.62. The maximum Gasteiger partial charge on any atom is 0.194 e. The summed E-state index contributed by atoms with van der Waals surface area (Å²) in [7, 11) is -3.51. The minimum atomic E-state index is -3.51. The molecule has 0 saturated carbocycles. The predicted molar refractivity (Wildman–Crippen MR) is 108 cm³/mol. The molecule has 1 unspecified atom stereocenters. The number of benzene rings is 2. The molecule has 0 saturated heterocycles. The van der Waals surface area contributed by atoms with Gasteiger partial charge in [0.1, 0.15) is 5.37 Å². The molecule has 0 radical (unpaired) electrons. The topological polar surface area (TPSA) is 95.7 Å². The van der Waals surface area contributed by atoms with Crippen LogP contribution in [-0.2, 0) is 16.4 Å². The molecule has 0 aliphatic carbocycles. The second-order valence-corrected chi connectivity index (χ2v) is 9.03. The van der Waals surface area contributed by atoms with Crippen molar-refractivity contribution in [3.8, 4) is 0 Å². The van der Waals surface area contributed by atoms with Gasteiger partial charge in [0.2, 0.25) is 0 Å². The summed E-state index contributed by atoms with van der Waals surface area (Å²) in [4.78, 5) is 0.260. The number of rotatable bonds is 10. The van der Waals surface area contributed by atoms with Crippen LogP contribution < -0.4 is 11.1 Å². The first-order chi connectivity index (χ1) is 12.8. The molecule has 0 aliphatic rings. The Labute approximate surface area is 161 Å². The number of nitrogens with two attached hydrogens (primary N) is 1. The minimum Gasteiger partial charge on any atom is -0.399 e. The zero-order valence-corrected chi connectivity index (χ0v) is 16.7. The fourth-order valence-corrected chi connectivity index (χ4v) is 4.75. The minimum absolute atomic E-state index is 0.0953. The van der Waals surface area contributed by atoms with Crippen LogP contribution >= 0.6 is 0 Å².